The highest BCUT2D eigenvalue weighted by molar-refractivity contribution is 6.50. The van der Waals surface area contributed by atoms with Gasteiger partial charge >= 0.3 is 28.5 Å². The van der Waals surface area contributed by atoms with Gasteiger partial charge in [-0.25, -0.2) is 0 Å². The van der Waals surface area contributed by atoms with Crippen LogP contribution in [-0.4, -0.2) is 7.25 Å². The standard InChI is InChI=1S/C12H8Cl2I.BF4/c13-9-5-1-3-7-11(9)15-12-8-4-2-6-10(12)14;2-1(3,4)5/h1-8H;/q+1;-1. The van der Waals surface area contributed by atoms with E-state index in [1.54, 1.807) is 0 Å². The molecule has 2 aromatic carbocycles. The van der Waals surface area contributed by atoms with Crippen LogP contribution in [0.3, 0.4) is 0 Å². The first-order valence-corrected chi connectivity index (χ1v) is 8.20. The number of halogens is 7. The van der Waals surface area contributed by atoms with Crippen molar-refractivity contribution in [2.75, 3.05) is 0 Å². The highest BCUT2D eigenvalue weighted by Gasteiger charge is 2.21. The number of rotatable bonds is 2. The Morgan fingerprint density at radius 2 is 1.00 bits per heavy atom. The summed E-state index contributed by atoms with van der Waals surface area (Å²) in [6.45, 7) is 0. The Bertz CT molecular complexity index is 514. The van der Waals surface area contributed by atoms with Gasteiger partial charge in [0, 0.05) is 0 Å². The van der Waals surface area contributed by atoms with Crippen molar-refractivity contribution in [3.8, 4) is 0 Å². The zero-order chi connectivity index (χ0) is 15.2. The van der Waals surface area contributed by atoms with E-state index in [1.807, 2.05) is 36.4 Å². The summed E-state index contributed by atoms with van der Waals surface area (Å²) in [5.41, 5.74) is 0. The Labute approximate surface area is 134 Å². The maximum atomic E-state index is 9.75. The maximum Gasteiger partial charge on any atom is 0.673 e. The van der Waals surface area contributed by atoms with Crippen molar-refractivity contribution in [3.63, 3.8) is 0 Å². The van der Waals surface area contributed by atoms with Gasteiger partial charge in [-0.1, -0.05) is 47.5 Å². The van der Waals surface area contributed by atoms with Gasteiger partial charge in [0.05, 0.1) is 10.0 Å². The van der Waals surface area contributed by atoms with E-state index in [1.165, 1.54) is 7.14 Å². The fraction of sp³-hybridized carbons (Fsp3) is 0. The first-order valence-electron chi connectivity index (χ1n) is 5.28. The number of benzene rings is 2. The van der Waals surface area contributed by atoms with Gasteiger partial charge in [0.1, 0.15) is 0 Å². The van der Waals surface area contributed by atoms with Crippen molar-refractivity contribution in [1.29, 1.82) is 0 Å². The predicted octanol–water partition coefficient (Wildman–Crippen LogP) is 2.42. The van der Waals surface area contributed by atoms with Crippen LogP contribution in [0.4, 0.5) is 17.3 Å². The topological polar surface area (TPSA) is 0 Å². The lowest BCUT2D eigenvalue weighted by molar-refractivity contribution is -0.597. The average Bonchev–Trinajstić information content (AvgIpc) is 2.33. The van der Waals surface area contributed by atoms with Crippen molar-refractivity contribution in [3.05, 3.63) is 65.7 Å². The molecule has 0 nitrogen and oxygen atoms in total. The van der Waals surface area contributed by atoms with Crippen LogP contribution in [-0.2, 0) is 0 Å². The summed E-state index contributed by atoms with van der Waals surface area (Å²) in [5.74, 6) is 0. The SMILES string of the molecule is Clc1ccccc1[I+]c1ccccc1Cl.F[B-](F)(F)F. The molecule has 0 spiro atoms. The third-order valence-electron chi connectivity index (χ3n) is 1.85. The van der Waals surface area contributed by atoms with Gasteiger partial charge in [0.25, 0.3) is 0 Å². The second kappa shape index (κ2) is 8.09. The molecule has 0 bridgehead atoms. The molecule has 108 valence electrons. The van der Waals surface area contributed by atoms with E-state index in [2.05, 4.69) is 12.1 Å². The molecule has 0 fully saturated rings. The smallest absolute Gasteiger partial charge is 0.418 e. The van der Waals surface area contributed by atoms with Crippen molar-refractivity contribution in [1.82, 2.24) is 0 Å². The zero-order valence-electron chi connectivity index (χ0n) is 9.84. The van der Waals surface area contributed by atoms with Crippen molar-refractivity contribution in [2.45, 2.75) is 0 Å². The maximum absolute atomic E-state index is 9.75. The fourth-order valence-electron chi connectivity index (χ4n) is 1.14. The molecule has 2 aromatic rings. The third-order valence-corrected chi connectivity index (χ3v) is 6.19. The van der Waals surface area contributed by atoms with E-state index in [9.17, 15) is 17.3 Å². The van der Waals surface area contributed by atoms with Gasteiger partial charge in [0.2, 0.25) is 7.14 Å². The molecule has 0 saturated carbocycles. The van der Waals surface area contributed by atoms with Gasteiger partial charge in [-0.3, -0.25) is 0 Å². The molecule has 0 aromatic heterocycles. The third kappa shape index (κ3) is 7.35. The normalized spacial score (nSPS) is 10.7. The van der Waals surface area contributed by atoms with E-state index in [4.69, 9.17) is 23.2 Å². The molecule has 2 rings (SSSR count). The van der Waals surface area contributed by atoms with E-state index in [0.717, 1.165) is 10.0 Å². The van der Waals surface area contributed by atoms with Gasteiger partial charge in [-0.2, -0.15) is 0 Å². The van der Waals surface area contributed by atoms with Crippen LogP contribution in [0.15, 0.2) is 48.5 Å². The van der Waals surface area contributed by atoms with Gasteiger partial charge < -0.3 is 17.3 Å². The van der Waals surface area contributed by atoms with E-state index < -0.39 is 7.25 Å². The minimum absolute atomic E-state index is 0.279. The number of hydrogen-bond acceptors (Lipinski definition) is 0. The highest BCUT2D eigenvalue weighted by atomic mass is 127. The second-order valence-corrected chi connectivity index (χ2v) is 7.10. The monoisotopic (exact) mass is 436 g/mol. The predicted molar refractivity (Wildman–Crippen MR) is 70.5 cm³/mol. The summed E-state index contributed by atoms with van der Waals surface area (Å²) in [4.78, 5) is 0. The Hall–Kier alpha value is -0.465. The first kappa shape index (κ1) is 17.6. The largest absolute Gasteiger partial charge is 0.673 e. The fourth-order valence-corrected chi connectivity index (χ4v) is 4.17. The molecule has 0 aliphatic carbocycles. The zero-order valence-corrected chi connectivity index (χ0v) is 13.5. The summed E-state index contributed by atoms with van der Waals surface area (Å²) in [5, 5.41) is 1.68. The Kier molecular flexibility index (Phi) is 7.12. The Balaban J connectivity index is 0.000000347. The molecular formula is C12H8BCl2F4I. The van der Waals surface area contributed by atoms with E-state index in [0.29, 0.717) is 0 Å². The summed E-state index contributed by atoms with van der Waals surface area (Å²) < 4.78 is 41.4. The van der Waals surface area contributed by atoms with Crippen LogP contribution in [0, 0.1) is 7.14 Å². The first-order chi connectivity index (χ1) is 9.27. The quantitative estimate of drug-likeness (QED) is 0.385. The van der Waals surface area contributed by atoms with Crippen molar-refractivity contribution < 1.29 is 38.5 Å². The molecule has 0 aliphatic heterocycles. The lowest BCUT2D eigenvalue weighted by Gasteiger charge is -1.94. The lowest BCUT2D eigenvalue weighted by atomic mass is 10.3. The molecule has 0 radical (unpaired) electrons. The molecule has 0 aliphatic rings. The Morgan fingerprint density at radius 1 is 0.700 bits per heavy atom. The van der Waals surface area contributed by atoms with Crippen LogP contribution in [0.1, 0.15) is 0 Å². The number of hydrogen-bond donors (Lipinski definition) is 0. The second-order valence-electron chi connectivity index (χ2n) is 3.42. The summed E-state index contributed by atoms with van der Waals surface area (Å²) in [6, 6.07) is 15.9. The van der Waals surface area contributed by atoms with Crippen LogP contribution >= 0.6 is 23.2 Å². The molecule has 0 heterocycles. The molecule has 8 heteroatoms. The highest BCUT2D eigenvalue weighted by Crippen LogP contribution is 2.08. The van der Waals surface area contributed by atoms with E-state index in [-0.39, 0.29) is 21.2 Å². The molecule has 0 N–H and O–H groups in total. The van der Waals surface area contributed by atoms with E-state index >= 15 is 0 Å². The molecular weight excluding hydrogens is 429 g/mol. The average molecular weight is 437 g/mol. The van der Waals surface area contributed by atoms with Crippen molar-refractivity contribution in [2.24, 2.45) is 0 Å². The summed E-state index contributed by atoms with van der Waals surface area (Å²) in [6.07, 6.45) is 0. The van der Waals surface area contributed by atoms with Gasteiger partial charge in [-0.15, -0.1) is 0 Å². The Morgan fingerprint density at radius 3 is 1.30 bits per heavy atom. The van der Waals surface area contributed by atoms with Crippen LogP contribution in [0.25, 0.3) is 0 Å². The molecule has 0 saturated heterocycles. The van der Waals surface area contributed by atoms with Crippen molar-refractivity contribution >= 4 is 30.5 Å². The van der Waals surface area contributed by atoms with Gasteiger partial charge in [0.15, 0.2) is 0 Å². The van der Waals surface area contributed by atoms with Crippen LogP contribution in [0.2, 0.25) is 10.0 Å². The lowest BCUT2D eigenvalue weighted by Crippen LogP contribution is -3.61. The van der Waals surface area contributed by atoms with Crippen LogP contribution in [0.5, 0.6) is 0 Å². The van der Waals surface area contributed by atoms with Crippen LogP contribution < -0.4 is 21.2 Å². The molecule has 0 atom stereocenters. The minimum Gasteiger partial charge on any atom is -0.418 e. The summed E-state index contributed by atoms with van der Waals surface area (Å²) >= 11 is 11.9. The summed E-state index contributed by atoms with van der Waals surface area (Å²) in [7, 11) is -6.00. The molecule has 0 unspecified atom stereocenters. The minimum atomic E-state index is -6.00. The van der Waals surface area contributed by atoms with Gasteiger partial charge in [-0.05, 0) is 24.3 Å². The molecule has 20 heavy (non-hydrogen) atoms. The molecule has 0 amide bonds.